The fourth-order valence-corrected chi connectivity index (χ4v) is 1.88. The first kappa shape index (κ1) is 13.5. The number of carbonyl (C=O) groups is 2. The average Bonchev–Trinajstić information content (AvgIpc) is 2.62. The highest BCUT2D eigenvalue weighted by molar-refractivity contribution is 7.93. The number of hydrogen-bond donors (Lipinski definition) is 0. The highest BCUT2D eigenvalue weighted by Crippen LogP contribution is 2.25. The summed E-state index contributed by atoms with van der Waals surface area (Å²) in [6.45, 7) is 0. The number of nitrogens with zero attached hydrogens (tertiary/aromatic N) is 3. The zero-order chi connectivity index (χ0) is 14.0. The van der Waals surface area contributed by atoms with Crippen molar-refractivity contribution in [3.63, 3.8) is 0 Å². The number of amides is 3. The number of benzene rings is 1. The van der Waals surface area contributed by atoms with Gasteiger partial charge in [0, 0.05) is 7.05 Å². The van der Waals surface area contributed by atoms with Gasteiger partial charge in [0.2, 0.25) is 5.84 Å². The van der Waals surface area contributed by atoms with Gasteiger partial charge in [-0.2, -0.15) is 4.40 Å². The van der Waals surface area contributed by atoms with Crippen LogP contribution in [0.15, 0.2) is 28.7 Å². The SMILES string of the molecule is COSN=C1C(=O)N(C)C(=O)N1c1ccccc1F. The summed E-state index contributed by atoms with van der Waals surface area (Å²) in [4.78, 5) is 25.6. The van der Waals surface area contributed by atoms with Crippen LogP contribution in [0.3, 0.4) is 0 Å². The van der Waals surface area contributed by atoms with Crippen molar-refractivity contribution < 1.29 is 18.2 Å². The Morgan fingerprint density at radius 2 is 2.00 bits per heavy atom. The predicted molar refractivity (Wildman–Crippen MR) is 69.1 cm³/mol. The quantitative estimate of drug-likeness (QED) is 0.482. The largest absolute Gasteiger partial charge is 0.337 e. The molecular formula is C11H10FN3O3S. The Bertz CT molecular complexity index is 564. The number of urea groups is 1. The lowest BCUT2D eigenvalue weighted by Crippen LogP contribution is -2.32. The second-order valence-corrected chi connectivity index (χ2v) is 4.25. The van der Waals surface area contributed by atoms with E-state index in [1.54, 1.807) is 6.07 Å². The molecule has 6 nitrogen and oxygen atoms in total. The Balaban J connectivity index is 2.49. The smallest absolute Gasteiger partial charge is 0.299 e. The maximum Gasteiger partial charge on any atom is 0.337 e. The zero-order valence-corrected chi connectivity index (χ0v) is 11.0. The lowest BCUT2D eigenvalue weighted by Gasteiger charge is -2.15. The summed E-state index contributed by atoms with van der Waals surface area (Å²) in [7, 11) is 2.67. The van der Waals surface area contributed by atoms with Crippen molar-refractivity contribution in [3.8, 4) is 0 Å². The molecule has 100 valence electrons. The molecule has 0 aliphatic carbocycles. The number of halogens is 1. The van der Waals surface area contributed by atoms with Gasteiger partial charge >= 0.3 is 6.03 Å². The molecule has 0 radical (unpaired) electrons. The first-order chi connectivity index (χ1) is 9.07. The van der Waals surface area contributed by atoms with Crippen LogP contribution in [0.4, 0.5) is 14.9 Å². The Morgan fingerprint density at radius 1 is 1.32 bits per heavy atom. The molecule has 2 rings (SSSR count). The number of hydrogen-bond acceptors (Lipinski definition) is 5. The van der Waals surface area contributed by atoms with E-state index in [1.807, 2.05) is 0 Å². The van der Waals surface area contributed by atoms with Crippen LogP contribution in [0.5, 0.6) is 0 Å². The minimum atomic E-state index is -0.662. The van der Waals surface area contributed by atoms with Gasteiger partial charge in [-0.25, -0.2) is 14.1 Å². The summed E-state index contributed by atoms with van der Waals surface area (Å²) < 4.78 is 22.2. The van der Waals surface area contributed by atoms with Crippen LogP contribution in [0.2, 0.25) is 0 Å². The number of carbonyl (C=O) groups excluding carboxylic acids is 2. The topological polar surface area (TPSA) is 62.2 Å². The molecule has 1 aromatic carbocycles. The molecule has 1 saturated heterocycles. The Morgan fingerprint density at radius 3 is 2.63 bits per heavy atom. The van der Waals surface area contributed by atoms with Crippen LogP contribution in [0, 0.1) is 5.82 Å². The van der Waals surface area contributed by atoms with E-state index in [-0.39, 0.29) is 11.5 Å². The third kappa shape index (κ3) is 2.32. The Kier molecular flexibility index (Phi) is 3.82. The molecule has 1 aromatic rings. The summed E-state index contributed by atoms with van der Waals surface area (Å²) in [5, 5.41) is 0. The van der Waals surface area contributed by atoms with Crippen molar-refractivity contribution in [1.29, 1.82) is 0 Å². The summed E-state index contributed by atoms with van der Waals surface area (Å²) in [5.41, 5.74) is -0.0272. The van der Waals surface area contributed by atoms with E-state index in [4.69, 9.17) is 0 Å². The molecule has 1 fully saturated rings. The highest BCUT2D eigenvalue weighted by Gasteiger charge is 2.42. The van der Waals surface area contributed by atoms with E-state index in [0.717, 1.165) is 9.80 Å². The monoisotopic (exact) mass is 283 g/mol. The number of likely N-dealkylation sites (N-methyl/N-ethyl adjacent to an activating group) is 1. The van der Waals surface area contributed by atoms with Gasteiger partial charge in [-0.1, -0.05) is 12.1 Å². The molecule has 0 aromatic heterocycles. The van der Waals surface area contributed by atoms with Gasteiger partial charge in [-0.05, 0) is 12.1 Å². The van der Waals surface area contributed by atoms with E-state index in [2.05, 4.69) is 8.58 Å². The average molecular weight is 283 g/mol. The number of amidine groups is 1. The molecule has 0 saturated carbocycles. The molecule has 3 amide bonds. The lowest BCUT2D eigenvalue weighted by molar-refractivity contribution is -0.119. The molecule has 0 spiro atoms. The molecular weight excluding hydrogens is 273 g/mol. The summed E-state index contributed by atoms with van der Waals surface area (Å²) >= 11 is 0.642. The molecule has 8 heteroatoms. The molecule has 1 heterocycles. The standard InChI is InChI=1S/C11H10FN3O3S/c1-14-10(16)9(13-19-18-2)15(11(14)17)8-6-4-3-5-7(8)12/h3-6H,1-2H3. The third-order valence-electron chi connectivity index (χ3n) is 2.48. The molecule has 0 N–H and O–H groups in total. The van der Waals surface area contributed by atoms with Gasteiger partial charge in [-0.3, -0.25) is 13.9 Å². The fraction of sp³-hybridized carbons (Fsp3) is 0.182. The van der Waals surface area contributed by atoms with E-state index >= 15 is 0 Å². The van der Waals surface area contributed by atoms with Gasteiger partial charge in [0.15, 0.2) is 0 Å². The molecule has 1 aliphatic heterocycles. The highest BCUT2D eigenvalue weighted by atomic mass is 32.2. The summed E-state index contributed by atoms with van der Waals surface area (Å²) in [6, 6.07) is 4.99. The fourth-order valence-electron chi connectivity index (χ4n) is 1.58. The van der Waals surface area contributed by atoms with Crippen LogP contribution >= 0.6 is 12.2 Å². The Labute approximate surface area is 113 Å². The predicted octanol–water partition coefficient (Wildman–Crippen LogP) is 1.83. The van der Waals surface area contributed by atoms with E-state index in [0.29, 0.717) is 12.2 Å². The number of imide groups is 1. The van der Waals surface area contributed by atoms with Gasteiger partial charge < -0.3 is 0 Å². The minimum Gasteiger partial charge on any atom is -0.299 e. The third-order valence-corrected chi connectivity index (χ3v) is 2.87. The van der Waals surface area contributed by atoms with Crippen LogP contribution in [-0.4, -0.2) is 36.8 Å². The van der Waals surface area contributed by atoms with Crippen molar-refractivity contribution >= 4 is 35.7 Å². The normalized spacial score (nSPS) is 17.7. The maximum atomic E-state index is 13.7. The molecule has 0 atom stereocenters. The van der Waals surface area contributed by atoms with Crippen molar-refractivity contribution in [1.82, 2.24) is 4.90 Å². The second-order valence-electron chi connectivity index (χ2n) is 3.59. The van der Waals surface area contributed by atoms with Crippen molar-refractivity contribution in [3.05, 3.63) is 30.1 Å². The number of anilines is 1. The summed E-state index contributed by atoms with van der Waals surface area (Å²) in [5.74, 6) is -1.42. The van der Waals surface area contributed by atoms with Gasteiger partial charge in [-0.15, -0.1) is 0 Å². The van der Waals surface area contributed by atoms with Crippen LogP contribution in [0.25, 0.3) is 0 Å². The van der Waals surface area contributed by atoms with Gasteiger partial charge in [0.05, 0.1) is 12.8 Å². The summed E-state index contributed by atoms with van der Waals surface area (Å²) in [6.07, 6.45) is 0. The van der Waals surface area contributed by atoms with Crippen molar-refractivity contribution in [2.75, 3.05) is 19.1 Å². The molecule has 1 aliphatic rings. The van der Waals surface area contributed by atoms with Crippen molar-refractivity contribution in [2.45, 2.75) is 0 Å². The maximum absolute atomic E-state index is 13.7. The van der Waals surface area contributed by atoms with Gasteiger partial charge in [0.25, 0.3) is 5.91 Å². The lowest BCUT2D eigenvalue weighted by atomic mass is 10.3. The van der Waals surface area contributed by atoms with Crippen molar-refractivity contribution in [2.24, 2.45) is 4.40 Å². The molecule has 0 bridgehead atoms. The van der Waals surface area contributed by atoms with Crippen LogP contribution < -0.4 is 4.90 Å². The minimum absolute atomic E-state index is 0.0272. The number of para-hydroxylation sites is 1. The molecule has 19 heavy (non-hydrogen) atoms. The first-order valence-corrected chi connectivity index (χ1v) is 5.92. The first-order valence-electron chi connectivity index (χ1n) is 5.22. The Hall–Kier alpha value is -1.93. The number of rotatable bonds is 3. The van der Waals surface area contributed by atoms with Crippen LogP contribution in [-0.2, 0) is 8.98 Å². The molecule has 0 unspecified atom stereocenters. The zero-order valence-electron chi connectivity index (χ0n) is 10.2. The van der Waals surface area contributed by atoms with Crippen LogP contribution in [0.1, 0.15) is 0 Å². The van der Waals surface area contributed by atoms with E-state index < -0.39 is 17.8 Å². The van der Waals surface area contributed by atoms with E-state index in [9.17, 15) is 14.0 Å². The van der Waals surface area contributed by atoms with Gasteiger partial charge in [0.1, 0.15) is 18.0 Å². The van der Waals surface area contributed by atoms with E-state index in [1.165, 1.54) is 32.4 Å². The second kappa shape index (κ2) is 5.37.